The zero-order valence-electron chi connectivity index (χ0n) is 11.6. The molecular weight excluding hydrogens is 248 g/mol. The van der Waals surface area contributed by atoms with E-state index >= 15 is 0 Å². The molecule has 0 atom stereocenters. The van der Waals surface area contributed by atoms with Crippen LogP contribution in [0, 0.1) is 0 Å². The molecule has 0 aromatic heterocycles. The van der Waals surface area contributed by atoms with Gasteiger partial charge in [-0.25, -0.2) is 0 Å². The number of anilines is 1. The van der Waals surface area contributed by atoms with E-state index in [0.29, 0.717) is 0 Å². The van der Waals surface area contributed by atoms with Crippen molar-refractivity contribution in [2.24, 2.45) is 4.99 Å². The van der Waals surface area contributed by atoms with Gasteiger partial charge in [0.05, 0.1) is 7.11 Å². The average Bonchev–Trinajstić information content (AvgIpc) is 2.56. The number of methoxy groups -OCH3 is 1. The predicted molar refractivity (Wildman–Crippen MR) is 82.8 cm³/mol. The van der Waals surface area contributed by atoms with Gasteiger partial charge in [0.1, 0.15) is 11.6 Å². The summed E-state index contributed by atoms with van der Waals surface area (Å²) < 4.78 is 5.22. The highest BCUT2D eigenvalue weighted by molar-refractivity contribution is 6.10. The largest absolute Gasteiger partial charge is 0.497 e. The van der Waals surface area contributed by atoms with Crippen LogP contribution in [-0.4, -0.2) is 26.0 Å². The van der Waals surface area contributed by atoms with Crippen molar-refractivity contribution in [1.29, 1.82) is 0 Å². The molecule has 1 heterocycles. The van der Waals surface area contributed by atoms with E-state index in [-0.39, 0.29) is 0 Å². The maximum Gasteiger partial charge on any atom is 0.135 e. The molecular formula is C17H18N2O. The first-order valence-corrected chi connectivity index (χ1v) is 6.90. The standard InChI is InChI=1S/C17H18N2O/c1-20-16-10-8-15(9-11-16)19-13-5-12-18-17(19)14-6-3-2-4-7-14/h2-4,6-11H,5,12-13H2,1H3. The molecule has 1 aliphatic heterocycles. The molecule has 0 N–H and O–H groups in total. The monoisotopic (exact) mass is 266 g/mol. The maximum absolute atomic E-state index is 5.22. The van der Waals surface area contributed by atoms with Crippen LogP contribution in [0.15, 0.2) is 59.6 Å². The Morgan fingerprint density at radius 3 is 2.45 bits per heavy atom. The molecule has 0 fully saturated rings. The van der Waals surface area contributed by atoms with Crippen molar-refractivity contribution >= 4 is 11.5 Å². The van der Waals surface area contributed by atoms with Gasteiger partial charge in [0, 0.05) is 24.3 Å². The molecule has 0 bridgehead atoms. The molecule has 0 spiro atoms. The smallest absolute Gasteiger partial charge is 0.135 e. The first-order valence-electron chi connectivity index (χ1n) is 6.90. The van der Waals surface area contributed by atoms with E-state index in [0.717, 1.165) is 36.8 Å². The number of amidine groups is 1. The second-order valence-corrected chi connectivity index (χ2v) is 4.77. The van der Waals surface area contributed by atoms with Gasteiger partial charge in [-0.2, -0.15) is 0 Å². The number of rotatable bonds is 3. The molecule has 0 radical (unpaired) electrons. The lowest BCUT2D eigenvalue weighted by Crippen LogP contribution is -2.36. The van der Waals surface area contributed by atoms with E-state index < -0.39 is 0 Å². The summed E-state index contributed by atoms with van der Waals surface area (Å²) in [6.45, 7) is 1.90. The number of hydrogen-bond acceptors (Lipinski definition) is 3. The fourth-order valence-corrected chi connectivity index (χ4v) is 2.45. The van der Waals surface area contributed by atoms with Crippen molar-refractivity contribution in [3.63, 3.8) is 0 Å². The van der Waals surface area contributed by atoms with E-state index in [1.54, 1.807) is 7.11 Å². The van der Waals surface area contributed by atoms with Crippen LogP contribution in [0.2, 0.25) is 0 Å². The van der Waals surface area contributed by atoms with Crippen LogP contribution in [0.25, 0.3) is 0 Å². The van der Waals surface area contributed by atoms with Crippen molar-refractivity contribution in [2.45, 2.75) is 6.42 Å². The van der Waals surface area contributed by atoms with Gasteiger partial charge in [-0.1, -0.05) is 30.3 Å². The highest BCUT2D eigenvalue weighted by Crippen LogP contribution is 2.23. The zero-order chi connectivity index (χ0) is 13.8. The van der Waals surface area contributed by atoms with Crippen LogP contribution in [0.3, 0.4) is 0 Å². The molecule has 0 saturated heterocycles. The quantitative estimate of drug-likeness (QED) is 0.851. The minimum Gasteiger partial charge on any atom is -0.497 e. The van der Waals surface area contributed by atoms with Crippen molar-refractivity contribution in [1.82, 2.24) is 0 Å². The average molecular weight is 266 g/mol. The van der Waals surface area contributed by atoms with Crippen LogP contribution >= 0.6 is 0 Å². The highest BCUT2D eigenvalue weighted by atomic mass is 16.5. The third kappa shape index (κ3) is 2.52. The topological polar surface area (TPSA) is 24.8 Å². The molecule has 3 nitrogen and oxygen atoms in total. The first kappa shape index (κ1) is 12.7. The Labute approximate surface area is 119 Å². The summed E-state index contributed by atoms with van der Waals surface area (Å²) >= 11 is 0. The maximum atomic E-state index is 5.22. The van der Waals surface area contributed by atoms with Gasteiger partial charge in [0.25, 0.3) is 0 Å². The normalized spacial score (nSPS) is 14.8. The minimum atomic E-state index is 0.879. The van der Waals surface area contributed by atoms with Crippen LogP contribution in [0.5, 0.6) is 5.75 Å². The van der Waals surface area contributed by atoms with Crippen LogP contribution in [0.4, 0.5) is 5.69 Å². The fourth-order valence-electron chi connectivity index (χ4n) is 2.45. The molecule has 0 aliphatic carbocycles. The number of ether oxygens (including phenoxy) is 1. The molecule has 0 saturated carbocycles. The number of hydrogen-bond donors (Lipinski definition) is 0. The molecule has 2 aromatic carbocycles. The Morgan fingerprint density at radius 1 is 1.00 bits per heavy atom. The Bertz CT molecular complexity index is 590. The van der Waals surface area contributed by atoms with Crippen LogP contribution < -0.4 is 9.64 Å². The summed E-state index contributed by atoms with van der Waals surface area (Å²) in [6.07, 6.45) is 1.09. The third-order valence-corrected chi connectivity index (χ3v) is 3.47. The van der Waals surface area contributed by atoms with E-state index in [2.05, 4.69) is 41.3 Å². The molecule has 2 aromatic rings. The SMILES string of the molecule is COc1ccc(N2CCCN=C2c2ccccc2)cc1. The minimum absolute atomic E-state index is 0.879. The van der Waals surface area contributed by atoms with Gasteiger partial charge < -0.3 is 9.64 Å². The van der Waals surface area contributed by atoms with Crippen molar-refractivity contribution < 1.29 is 4.74 Å². The Morgan fingerprint density at radius 2 is 1.75 bits per heavy atom. The van der Waals surface area contributed by atoms with Gasteiger partial charge in [0.2, 0.25) is 0 Å². The predicted octanol–water partition coefficient (Wildman–Crippen LogP) is 3.35. The van der Waals surface area contributed by atoms with E-state index in [9.17, 15) is 0 Å². The van der Waals surface area contributed by atoms with Gasteiger partial charge in [-0.3, -0.25) is 4.99 Å². The van der Waals surface area contributed by atoms with E-state index in [1.807, 2.05) is 18.2 Å². The Balaban J connectivity index is 1.94. The van der Waals surface area contributed by atoms with Gasteiger partial charge in [-0.05, 0) is 30.7 Å². The van der Waals surface area contributed by atoms with E-state index in [4.69, 9.17) is 9.73 Å². The third-order valence-electron chi connectivity index (χ3n) is 3.47. The van der Waals surface area contributed by atoms with Crippen LogP contribution in [0.1, 0.15) is 12.0 Å². The molecule has 1 aliphatic rings. The fraction of sp³-hybridized carbons (Fsp3) is 0.235. The molecule has 0 unspecified atom stereocenters. The number of aliphatic imine (C=N–C) groups is 1. The second kappa shape index (κ2) is 5.78. The van der Waals surface area contributed by atoms with Gasteiger partial charge >= 0.3 is 0 Å². The summed E-state index contributed by atoms with van der Waals surface area (Å²) in [7, 11) is 1.69. The molecule has 3 heteroatoms. The van der Waals surface area contributed by atoms with Gasteiger partial charge in [-0.15, -0.1) is 0 Å². The lowest BCUT2D eigenvalue weighted by molar-refractivity contribution is 0.415. The summed E-state index contributed by atoms with van der Waals surface area (Å²) in [5.41, 5.74) is 2.33. The van der Waals surface area contributed by atoms with E-state index in [1.165, 1.54) is 5.56 Å². The molecule has 102 valence electrons. The number of benzene rings is 2. The van der Waals surface area contributed by atoms with Crippen molar-refractivity contribution in [3.05, 3.63) is 60.2 Å². The van der Waals surface area contributed by atoms with Crippen molar-refractivity contribution in [2.75, 3.05) is 25.1 Å². The van der Waals surface area contributed by atoms with Crippen molar-refractivity contribution in [3.8, 4) is 5.75 Å². The second-order valence-electron chi connectivity index (χ2n) is 4.77. The summed E-state index contributed by atoms with van der Waals surface area (Å²) in [5.74, 6) is 1.94. The summed E-state index contributed by atoms with van der Waals surface area (Å²) in [4.78, 5) is 6.99. The zero-order valence-corrected chi connectivity index (χ0v) is 11.6. The molecule has 3 rings (SSSR count). The van der Waals surface area contributed by atoms with Crippen LogP contribution in [-0.2, 0) is 0 Å². The lowest BCUT2D eigenvalue weighted by atomic mass is 10.1. The summed E-state index contributed by atoms with van der Waals surface area (Å²) in [5, 5.41) is 0. The van der Waals surface area contributed by atoms with Gasteiger partial charge in [0.15, 0.2) is 0 Å². The lowest BCUT2D eigenvalue weighted by Gasteiger charge is -2.29. The Kier molecular flexibility index (Phi) is 3.68. The highest BCUT2D eigenvalue weighted by Gasteiger charge is 2.18. The first-order chi connectivity index (χ1) is 9.88. The molecule has 20 heavy (non-hydrogen) atoms. The molecule has 0 amide bonds. The Hall–Kier alpha value is -2.29. The summed E-state index contributed by atoms with van der Waals surface area (Å²) in [6, 6.07) is 18.5. The number of nitrogens with zero attached hydrogens (tertiary/aromatic N) is 2.